The molecule has 0 fully saturated rings. The van der Waals surface area contributed by atoms with Crippen LogP contribution in [0.25, 0.3) is 0 Å². The van der Waals surface area contributed by atoms with Crippen molar-refractivity contribution in [1.82, 2.24) is 0 Å². The van der Waals surface area contributed by atoms with Crippen LogP contribution in [0.15, 0.2) is 42.5 Å². The van der Waals surface area contributed by atoms with Crippen molar-refractivity contribution in [2.75, 3.05) is 6.61 Å². The first-order valence-corrected chi connectivity index (χ1v) is 7.72. The molecule has 2 aromatic rings. The van der Waals surface area contributed by atoms with Gasteiger partial charge in [0, 0.05) is 5.97 Å². The number of carboxylic acid groups (broad SMARTS) is 1. The quantitative estimate of drug-likeness (QED) is 0.752. The van der Waals surface area contributed by atoms with Crippen molar-refractivity contribution in [3.63, 3.8) is 0 Å². The molecular weight excluding hydrogens is 292 g/mol. The molecule has 2 rings (SSSR count). The molecule has 0 saturated carbocycles. The van der Waals surface area contributed by atoms with E-state index in [0.717, 1.165) is 11.1 Å². The van der Waals surface area contributed by atoms with E-state index in [4.69, 9.17) is 9.47 Å². The van der Waals surface area contributed by atoms with Crippen molar-refractivity contribution in [2.24, 2.45) is 0 Å². The zero-order valence-electron chi connectivity index (χ0n) is 13.5. The molecule has 0 atom stereocenters. The highest BCUT2D eigenvalue weighted by Crippen LogP contribution is 2.29. The van der Waals surface area contributed by atoms with E-state index < -0.39 is 5.97 Å². The number of hydrogen-bond donors (Lipinski definition) is 0. The number of carbonyl (C=O) groups excluding carboxylic acids is 1. The normalized spacial score (nSPS) is 10.3. The van der Waals surface area contributed by atoms with Gasteiger partial charge >= 0.3 is 0 Å². The Morgan fingerprint density at radius 3 is 2.35 bits per heavy atom. The Balaban J connectivity index is 2.07. The second-order valence-corrected chi connectivity index (χ2v) is 5.36. The van der Waals surface area contributed by atoms with Crippen molar-refractivity contribution < 1.29 is 19.4 Å². The van der Waals surface area contributed by atoms with Gasteiger partial charge in [-0.2, -0.15) is 0 Å². The van der Waals surface area contributed by atoms with E-state index >= 15 is 0 Å². The monoisotopic (exact) mass is 313 g/mol. The van der Waals surface area contributed by atoms with Crippen LogP contribution in [0.1, 0.15) is 30.0 Å². The van der Waals surface area contributed by atoms with Crippen molar-refractivity contribution in [3.8, 4) is 11.5 Å². The molecular formula is C19H21O4-. The summed E-state index contributed by atoms with van der Waals surface area (Å²) in [5.41, 5.74) is 3.18. The Kier molecular flexibility index (Phi) is 6.03. The smallest absolute Gasteiger partial charge is 0.161 e. The minimum atomic E-state index is -1.05. The molecule has 0 heterocycles. The van der Waals surface area contributed by atoms with Crippen LogP contribution in [0.3, 0.4) is 0 Å². The maximum atomic E-state index is 10.6. The number of carbonyl (C=O) groups is 1. The Bertz CT molecular complexity index is 647. The summed E-state index contributed by atoms with van der Waals surface area (Å²) in [6.45, 7) is 4.92. The van der Waals surface area contributed by atoms with Crippen LogP contribution in [0.4, 0.5) is 0 Å². The summed E-state index contributed by atoms with van der Waals surface area (Å²) in [4.78, 5) is 10.6. The molecule has 4 nitrogen and oxygen atoms in total. The third kappa shape index (κ3) is 5.33. The molecule has 122 valence electrons. The fourth-order valence-corrected chi connectivity index (χ4v) is 2.19. The van der Waals surface area contributed by atoms with Crippen molar-refractivity contribution in [3.05, 3.63) is 59.2 Å². The lowest BCUT2D eigenvalue weighted by Gasteiger charge is -2.14. The van der Waals surface area contributed by atoms with Gasteiger partial charge in [-0.15, -0.1) is 0 Å². The topological polar surface area (TPSA) is 58.6 Å². The summed E-state index contributed by atoms with van der Waals surface area (Å²) in [5.74, 6) is 0.239. The first-order valence-electron chi connectivity index (χ1n) is 7.72. The Morgan fingerprint density at radius 2 is 1.70 bits per heavy atom. The van der Waals surface area contributed by atoms with Gasteiger partial charge in [-0.3, -0.25) is 0 Å². The van der Waals surface area contributed by atoms with Crippen LogP contribution >= 0.6 is 0 Å². The number of aliphatic carboxylic acids is 1. The Morgan fingerprint density at radius 1 is 1.00 bits per heavy atom. The van der Waals surface area contributed by atoms with Crippen LogP contribution in [-0.4, -0.2) is 12.6 Å². The molecule has 0 aliphatic carbocycles. The molecule has 0 radical (unpaired) electrons. The van der Waals surface area contributed by atoms with Gasteiger partial charge in [-0.1, -0.05) is 35.9 Å². The molecule has 0 amide bonds. The molecule has 0 bridgehead atoms. The fourth-order valence-electron chi connectivity index (χ4n) is 2.19. The highest BCUT2D eigenvalue weighted by atomic mass is 16.5. The lowest BCUT2D eigenvalue weighted by molar-refractivity contribution is -0.305. The maximum absolute atomic E-state index is 10.6. The van der Waals surface area contributed by atoms with Gasteiger partial charge in [0.1, 0.15) is 6.61 Å². The largest absolute Gasteiger partial charge is 0.550 e. The van der Waals surface area contributed by atoms with Crippen LogP contribution < -0.4 is 14.6 Å². The summed E-state index contributed by atoms with van der Waals surface area (Å²) in [7, 11) is 0. The number of benzene rings is 2. The molecule has 0 spiro atoms. The average Bonchev–Trinajstić information content (AvgIpc) is 2.54. The minimum absolute atomic E-state index is 0.00483. The number of aryl methyl sites for hydroxylation is 2. The first-order chi connectivity index (χ1) is 11.1. The van der Waals surface area contributed by atoms with E-state index in [-0.39, 0.29) is 6.42 Å². The van der Waals surface area contributed by atoms with Crippen LogP contribution in [0, 0.1) is 6.92 Å². The summed E-state index contributed by atoms with van der Waals surface area (Å²) < 4.78 is 11.4. The van der Waals surface area contributed by atoms with Gasteiger partial charge < -0.3 is 19.4 Å². The van der Waals surface area contributed by atoms with Crippen LogP contribution in [-0.2, 0) is 17.8 Å². The van der Waals surface area contributed by atoms with E-state index in [0.29, 0.717) is 31.1 Å². The van der Waals surface area contributed by atoms with Crippen molar-refractivity contribution in [1.29, 1.82) is 0 Å². The van der Waals surface area contributed by atoms with E-state index in [1.807, 2.05) is 56.3 Å². The first kappa shape index (κ1) is 16.9. The van der Waals surface area contributed by atoms with Gasteiger partial charge in [-0.25, -0.2) is 0 Å². The van der Waals surface area contributed by atoms with Gasteiger partial charge in [0.2, 0.25) is 0 Å². The Hall–Kier alpha value is -2.49. The van der Waals surface area contributed by atoms with Crippen LogP contribution in [0.5, 0.6) is 11.5 Å². The second kappa shape index (κ2) is 8.22. The number of hydrogen-bond acceptors (Lipinski definition) is 4. The maximum Gasteiger partial charge on any atom is 0.161 e. The van der Waals surface area contributed by atoms with Gasteiger partial charge in [-0.05, 0) is 49.9 Å². The van der Waals surface area contributed by atoms with Gasteiger partial charge in [0.05, 0.1) is 6.61 Å². The van der Waals surface area contributed by atoms with Crippen LogP contribution in [0.2, 0.25) is 0 Å². The lowest BCUT2D eigenvalue weighted by atomic mass is 10.1. The molecule has 23 heavy (non-hydrogen) atoms. The SMILES string of the molecule is CCOc1cc(CCC(=O)[O-])ccc1OCc1ccc(C)cc1. The summed E-state index contributed by atoms with van der Waals surface area (Å²) in [6.07, 6.45) is 0.412. The molecule has 2 aromatic carbocycles. The van der Waals surface area contributed by atoms with E-state index in [1.54, 1.807) is 0 Å². The summed E-state index contributed by atoms with van der Waals surface area (Å²) >= 11 is 0. The minimum Gasteiger partial charge on any atom is -0.550 e. The third-order valence-corrected chi connectivity index (χ3v) is 3.44. The highest BCUT2D eigenvalue weighted by Gasteiger charge is 2.07. The standard InChI is InChI=1S/C19H22O4/c1-3-22-18-12-15(9-11-19(20)21)8-10-17(18)23-13-16-6-4-14(2)5-7-16/h4-8,10,12H,3,9,11,13H2,1-2H3,(H,20,21)/p-1. The van der Waals surface area contributed by atoms with E-state index in [9.17, 15) is 9.90 Å². The number of carboxylic acids is 1. The van der Waals surface area contributed by atoms with E-state index in [2.05, 4.69) is 0 Å². The van der Waals surface area contributed by atoms with Gasteiger partial charge in [0.15, 0.2) is 11.5 Å². The number of ether oxygens (including phenoxy) is 2. The van der Waals surface area contributed by atoms with Crippen molar-refractivity contribution >= 4 is 5.97 Å². The predicted octanol–water partition coefficient (Wildman–Crippen LogP) is 2.66. The molecule has 4 heteroatoms. The lowest BCUT2D eigenvalue weighted by Crippen LogP contribution is -2.22. The second-order valence-electron chi connectivity index (χ2n) is 5.36. The van der Waals surface area contributed by atoms with Gasteiger partial charge in [0.25, 0.3) is 0 Å². The third-order valence-electron chi connectivity index (χ3n) is 3.44. The molecule has 0 aromatic heterocycles. The summed E-state index contributed by atoms with van der Waals surface area (Å²) in [5, 5.41) is 10.6. The van der Waals surface area contributed by atoms with E-state index in [1.165, 1.54) is 5.56 Å². The van der Waals surface area contributed by atoms with Crippen molar-refractivity contribution in [2.45, 2.75) is 33.3 Å². The molecule has 0 aliphatic heterocycles. The predicted molar refractivity (Wildman–Crippen MR) is 86.5 cm³/mol. The number of rotatable bonds is 8. The highest BCUT2D eigenvalue weighted by molar-refractivity contribution is 5.64. The zero-order chi connectivity index (χ0) is 16.7. The average molecular weight is 313 g/mol. The summed E-state index contributed by atoms with van der Waals surface area (Å²) in [6, 6.07) is 13.7. The molecule has 0 saturated heterocycles. The Labute approximate surface area is 136 Å². The molecule has 0 aliphatic rings. The fraction of sp³-hybridized carbons (Fsp3) is 0.316. The molecule has 0 N–H and O–H groups in total. The zero-order valence-corrected chi connectivity index (χ0v) is 13.5. The molecule has 0 unspecified atom stereocenters.